The van der Waals surface area contributed by atoms with Crippen molar-refractivity contribution in [2.75, 3.05) is 13.6 Å². The lowest BCUT2D eigenvalue weighted by Gasteiger charge is -2.26. The number of carbonyl (C=O) groups excluding carboxylic acids is 2. The van der Waals surface area contributed by atoms with E-state index in [0.717, 1.165) is 44.9 Å². The Morgan fingerprint density at radius 2 is 1.04 bits per heavy atom. The van der Waals surface area contributed by atoms with Crippen LogP contribution in [0.3, 0.4) is 0 Å². The summed E-state index contributed by atoms with van der Waals surface area (Å²) in [6.07, 6.45) is 12.4. The number of unbranched alkanes of at least 4 members (excludes halogenated alkanes) is 8. The quantitative estimate of drug-likeness (QED) is 0.208. The van der Waals surface area contributed by atoms with Gasteiger partial charge in [0.15, 0.2) is 13.6 Å². The van der Waals surface area contributed by atoms with Crippen LogP contribution < -0.4 is 0 Å². The van der Waals surface area contributed by atoms with Crippen molar-refractivity contribution in [3.63, 3.8) is 0 Å². The van der Waals surface area contributed by atoms with Gasteiger partial charge in [-0.15, -0.1) is 0 Å². The fourth-order valence-corrected chi connectivity index (χ4v) is 2.78. The minimum atomic E-state index is -0.391. The van der Waals surface area contributed by atoms with Gasteiger partial charge in [0.1, 0.15) is 0 Å². The lowest BCUT2D eigenvalue weighted by molar-refractivity contribution is -1.21. The van der Waals surface area contributed by atoms with Gasteiger partial charge in [0.05, 0.1) is 12.8 Å². The van der Waals surface area contributed by atoms with Crippen LogP contribution in [0.1, 0.15) is 104 Å². The van der Waals surface area contributed by atoms with Gasteiger partial charge >= 0.3 is 11.9 Å². The summed E-state index contributed by atoms with van der Waals surface area (Å²) in [6, 6.07) is 0. The third-order valence-electron chi connectivity index (χ3n) is 4.19. The maximum absolute atomic E-state index is 12.1. The molecule has 0 aromatic carbocycles. The summed E-state index contributed by atoms with van der Waals surface area (Å²) in [7, 11) is 1.65. The zero-order valence-electron chi connectivity index (χ0n) is 17.0. The van der Waals surface area contributed by atoms with Crippen molar-refractivity contribution in [2.45, 2.75) is 104 Å². The third kappa shape index (κ3) is 13.8. The summed E-state index contributed by atoms with van der Waals surface area (Å²) in [6.45, 7) is 6.79. The highest BCUT2D eigenvalue weighted by atomic mass is 17.0. The van der Waals surface area contributed by atoms with E-state index in [4.69, 9.17) is 9.68 Å². The summed E-state index contributed by atoms with van der Waals surface area (Å²) in [5.41, 5.74) is 0. The molecule has 0 aliphatic carbocycles. The SMILES string of the molecule is CCCCCCCC(=O)O[N+](C)(CCC)OC(=O)CCCCCCC. The molecule has 0 aromatic rings. The topological polar surface area (TPSA) is 52.6 Å². The first-order chi connectivity index (χ1) is 12.0. The molecular weight excluding hydrogens is 318 g/mol. The van der Waals surface area contributed by atoms with Gasteiger partial charge in [-0.05, 0) is 12.8 Å². The van der Waals surface area contributed by atoms with Crippen LogP contribution in [0.2, 0.25) is 0 Å². The number of hydrogen-bond donors (Lipinski definition) is 0. The molecular formula is C20H40NO4+. The van der Waals surface area contributed by atoms with E-state index in [-0.39, 0.29) is 11.9 Å². The first-order valence-electron chi connectivity index (χ1n) is 10.3. The fraction of sp³-hybridized carbons (Fsp3) is 0.900. The highest BCUT2D eigenvalue weighted by molar-refractivity contribution is 5.69. The van der Waals surface area contributed by atoms with Crippen LogP contribution in [0.4, 0.5) is 0 Å². The zero-order valence-corrected chi connectivity index (χ0v) is 17.0. The van der Waals surface area contributed by atoms with Crippen LogP contribution in [-0.4, -0.2) is 30.3 Å². The van der Waals surface area contributed by atoms with Gasteiger partial charge in [-0.1, -0.05) is 72.1 Å². The minimum absolute atomic E-state index is 0.289. The Morgan fingerprint density at radius 3 is 1.40 bits per heavy atom. The van der Waals surface area contributed by atoms with Crippen molar-refractivity contribution in [3.8, 4) is 0 Å². The lowest BCUT2D eigenvalue weighted by atomic mass is 10.1. The van der Waals surface area contributed by atoms with E-state index in [9.17, 15) is 9.59 Å². The second kappa shape index (κ2) is 15.2. The molecule has 5 heteroatoms. The molecule has 0 aliphatic heterocycles. The molecule has 0 unspecified atom stereocenters. The van der Waals surface area contributed by atoms with Crippen molar-refractivity contribution in [3.05, 3.63) is 0 Å². The zero-order chi connectivity index (χ0) is 19.0. The predicted octanol–water partition coefficient (Wildman–Crippen LogP) is 5.48. The van der Waals surface area contributed by atoms with Crippen molar-refractivity contribution in [1.82, 2.24) is 0 Å². The van der Waals surface area contributed by atoms with E-state index in [0.29, 0.717) is 19.4 Å². The Morgan fingerprint density at radius 1 is 0.640 bits per heavy atom. The van der Waals surface area contributed by atoms with Crippen molar-refractivity contribution < 1.29 is 24.1 Å². The summed E-state index contributed by atoms with van der Waals surface area (Å²) < 4.78 is 0. The fourth-order valence-electron chi connectivity index (χ4n) is 2.78. The number of hydrogen-bond acceptors (Lipinski definition) is 4. The van der Waals surface area contributed by atoms with Crippen LogP contribution in [-0.2, 0) is 19.3 Å². The first-order valence-corrected chi connectivity index (χ1v) is 10.3. The van der Waals surface area contributed by atoms with E-state index in [1.54, 1.807) is 7.05 Å². The molecule has 0 amide bonds. The second-order valence-electron chi connectivity index (χ2n) is 6.99. The van der Waals surface area contributed by atoms with Crippen molar-refractivity contribution in [2.24, 2.45) is 0 Å². The second-order valence-corrected chi connectivity index (χ2v) is 6.99. The number of quaternary nitrogens is 1. The number of nitrogens with zero attached hydrogens (tertiary/aromatic N) is 1. The molecule has 148 valence electrons. The highest BCUT2D eigenvalue weighted by Gasteiger charge is 2.32. The molecule has 0 heterocycles. The Labute approximate surface area is 154 Å². The summed E-state index contributed by atoms with van der Waals surface area (Å²) in [5, 5.41) is 0. The maximum Gasteiger partial charge on any atom is 0.372 e. The van der Waals surface area contributed by atoms with Gasteiger partial charge in [-0.3, -0.25) is 0 Å². The largest absolute Gasteiger partial charge is 0.372 e. The van der Waals surface area contributed by atoms with Crippen LogP contribution in [0.15, 0.2) is 0 Å². The molecule has 0 bridgehead atoms. The van der Waals surface area contributed by atoms with E-state index in [1.165, 1.54) is 25.7 Å². The Kier molecular flexibility index (Phi) is 14.5. The molecule has 0 radical (unpaired) electrons. The van der Waals surface area contributed by atoms with Gasteiger partial charge in [0, 0.05) is 11.2 Å². The first kappa shape index (κ1) is 23.9. The van der Waals surface area contributed by atoms with Gasteiger partial charge in [0.25, 0.3) is 0 Å². The molecule has 0 rings (SSSR count). The van der Waals surface area contributed by atoms with E-state index < -0.39 is 4.81 Å². The Bertz CT molecular complexity index is 330. The molecule has 25 heavy (non-hydrogen) atoms. The van der Waals surface area contributed by atoms with Gasteiger partial charge in [-0.2, -0.15) is 0 Å². The molecule has 0 fully saturated rings. The smallest absolute Gasteiger partial charge is 0.245 e. The van der Waals surface area contributed by atoms with Crippen molar-refractivity contribution >= 4 is 11.9 Å². The number of rotatable bonds is 16. The third-order valence-corrected chi connectivity index (χ3v) is 4.19. The average molecular weight is 359 g/mol. The molecule has 0 aliphatic rings. The molecule has 0 saturated carbocycles. The minimum Gasteiger partial charge on any atom is -0.245 e. The van der Waals surface area contributed by atoms with E-state index >= 15 is 0 Å². The number of hydroxylamine groups is 4. The lowest BCUT2D eigenvalue weighted by Crippen LogP contribution is -2.47. The van der Waals surface area contributed by atoms with Crippen LogP contribution in [0.5, 0.6) is 0 Å². The number of carbonyl (C=O) groups is 2. The molecule has 0 spiro atoms. The summed E-state index contributed by atoms with van der Waals surface area (Å²) >= 11 is 0. The molecule has 5 nitrogen and oxygen atoms in total. The standard InChI is InChI=1S/C20H40NO4/c1-5-8-10-12-14-16-19(22)24-21(4,18-7-3)25-20(23)17-15-13-11-9-6-2/h5-18H2,1-4H3/q+1. The van der Waals surface area contributed by atoms with Gasteiger partial charge in [-0.25, -0.2) is 19.3 Å². The molecule has 0 aromatic heterocycles. The monoisotopic (exact) mass is 358 g/mol. The Balaban J connectivity index is 4.19. The predicted molar refractivity (Wildman–Crippen MR) is 100 cm³/mol. The summed E-state index contributed by atoms with van der Waals surface area (Å²) in [5.74, 6) is -0.577. The van der Waals surface area contributed by atoms with Crippen molar-refractivity contribution in [1.29, 1.82) is 0 Å². The van der Waals surface area contributed by atoms with Gasteiger partial charge < -0.3 is 0 Å². The van der Waals surface area contributed by atoms with Crippen LogP contribution >= 0.6 is 0 Å². The van der Waals surface area contributed by atoms with Gasteiger partial charge in [0.2, 0.25) is 0 Å². The molecule has 0 atom stereocenters. The van der Waals surface area contributed by atoms with E-state index in [2.05, 4.69) is 13.8 Å². The molecule has 0 saturated heterocycles. The summed E-state index contributed by atoms with van der Waals surface area (Å²) in [4.78, 5) is 34.6. The highest BCUT2D eigenvalue weighted by Crippen LogP contribution is 2.14. The van der Waals surface area contributed by atoms with E-state index in [1.807, 2.05) is 6.92 Å². The normalized spacial score (nSPS) is 11.4. The van der Waals surface area contributed by atoms with Crippen LogP contribution in [0.25, 0.3) is 0 Å². The average Bonchev–Trinajstić information content (AvgIpc) is 2.54. The van der Waals surface area contributed by atoms with Crippen LogP contribution in [0, 0.1) is 0 Å². The maximum atomic E-state index is 12.1. The Hall–Kier alpha value is -1.10. The molecule has 0 N–H and O–H groups in total.